The highest BCUT2D eigenvalue weighted by Crippen LogP contribution is 2.45. The molecule has 0 radical (unpaired) electrons. The van der Waals surface area contributed by atoms with Crippen molar-refractivity contribution in [2.45, 2.75) is 0 Å². The van der Waals surface area contributed by atoms with E-state index < -0.39 is 0 Å². The van der Waals surface area contributed by atoms with E-state index in [1.54, 1.807) is 0 Å². The number of hydrogen-bond donors (Lipinski definition) is 0. The summed E-state index contributed by atoms with van der Waals surface area (Å²) in [6.45, 7) is 0. The minimum absolute atomic E-state index is 0.914. The molecule has 15 aromatic rings. The summed E-state index contributed by atoms with van der Waals surface area (Å²) in [4.78, 5) is 5.58. The number of fused-ring (bicyclic) bond motifs is 17. The number of imidazole rings is 1. The van der Waals surface area contributed by atoms with Crippen LogP contribution in [0.5, 0.6) is 0 Å². The lowest BCUT2D eigenvalue weighted by atomic mass is 9.91. The molecule has 0 atom stereocenters. The second-order valence-corrected chi connectivity index (χ2v) is 18.8. The van der Waals surface area contributed by atoms with Crippen LogP contribution >= 0.6 is 11.3 Å². The number of nitrogens with zero attached hydrogens (tertiary/aromatic N) is 2. The highest BCUT2D eigenvalue weighted by Gasteiger charge is 2.21. The lowest BCUT2D eigenvalue weighted by molar-refractivity contribution is 0.670. The summed E-state index contributed by atoms with van der Waals surface area (Å²) in [7, 11) is 0. The van der Waals surface area contributed by atoms with Crippen molar-refractivity contribution in [3.8, 4) is 44.6 Å². The van der Waals surface area contributed by atoms with E-state index in [0.717, 1.165) is 61.0 Å². The molecule has 0 aliphatic rings. The number of pyridine rings is 1. The van der Waals surface area contributed by atoms with Gasteiger partial charge >= 0.3 is 0 Å². The van der Waals surface area contributed by atoms with Gasteiger partial charge in [0.1, 0.15) is 11.2 Å². The molecule has 0 N–H and O–H groups in total. The van der Waals surface area contributed by atoms with Crippen LogP contribution in [0.4, 0.5) is 0 Å². The zero-order valence-electron chi connectivity index (χ0n) is 36.0. The standard InChI is InChI=1S/C63H36N2OS/c1-3-12-43-37(10-1)28-30-52-50(43)33-34-55-60(52)64-63-62-54(59-46-13-4-2-11-38(46)29-35-58(59)67-62)36-56(65(55)63)42-26-24-40(25-27-42)45-32-31-44(48-14-5-6-15-49(45)48)39-20-22-41(23-21-39)47-17-9-18-53-51-16-7-8-19-57(51)66-61(47)53/h1-36H. The maximum atomic E-state index is 6.40. The summed E-state index contributed by atoms with van der Waals surface area (Å²) in [5.41, 5.74) is 14.3. The predicted octanol–water partition coefficient (Wildman–Crippen LogP) is 18.0. The third-order valence-electron chi connectivity index (χ3n) is 14.2. The number of rotatable bonds is 4. The van der Waals surface area contributed by atoms with Crippen molar-refractivity contribution in [1.29, 1.82) is 0 Å². The van der Waals surface area contributed by atoms with Gasteiger partial charge in [0.05, 0.1) is 21.4 Å². The summed E-state index contributed by atoms with van der Waals surface area (Å²) >= 11 is 1.85. The van der Waals surface area contributed by atoms with Crippen molar-refractivity contribution in [3.05, 3.63) is 218 Å². The van der Waals surface area contributed by atoms with Gasteiger partial charge in [0, 0.05) is 37.2 Å². The van der Waals surface area contributed by atoms with Crippen LogP contribution in [-0.4, -0.2) is 9.38 Å². The van der Waals surface area contributed by atoms with Crippen molar-refractivity contribution in [3.63, 3.8) is 0 Å². The first kappa shape index (κ1) is 36.7. The van der Waals surface area contributed by atoms with Crippen LogP contribution in [0.3, 0.4) is 0 Å². The Bertz CT molecular complexity index is 4550. The van der Waals surface area contributed by atoms with Crippen molar-refractivity contribution < 1.29 is 4.42 Å². The first-order valence-electron chi connectivity index (χ1n) is 22.9. The van der Waals surface area contributed by atoms with E-state index >= 15 is 0 Å². The van der Waals surface area contributed by atoms with E-state index in [9.17, 15) is 0 Å². The highest BCUT2D eigenvalue weighted by atomic mass is 32.1. The Morgan fingerprint density at radius 3 is 1.72 bits per heavy atom. The van der Waals surface area contributed by atoms with Gasteiger partial charge in [-0.25, -0.2) is 4.98 Å². The second-order valence-electron chi connectivity index (χ2n) is 17.8. The lowest BCUT2D eigenvalue weighted by Gasteiger charge is -2.14. The van der Waals surface area contributed by atoms with Crippen molar-refractivity contribution in [1.82, 2.24) is 9.38 Å². The van der Waals surface area contributed by atoms with Crippen LogP contribution in [0.2, 0.25) is 0 Å². The topological polar surface area (TPSA) is 30.4 Å². The number of furan rings is 1. The van der Waals surface area contributed by atoms with E-state index in [0.29, 0.717) is 0 Å². The van der Waals surface area contributed by atoms with E-state index in [1.165, 1.54) is 85.5 Å². The Labute approximate surface area is 388 Å². The number of para-hydroxylation sites is 2. The van der Waals surface area contributed by atoms with Gasteiger partial charge in [-0.05, 0) is 95.3 Å². The van der Waals surface area contributed by atoms with Crippen LogP contribution in [-0.2, 0) is 0 Å². The van der Waals surface area contributed by atoms with Gasteiger partial charge in [-0.15, -0.1) is 11.3 Å². The molecular formula is C63H36N2OS. The molecule has 15 rings (SSSR count). The first-order chi connectivity index (χ1) is 33.2. The average molecular weight is 869 g/mol. The Morgan fingerprint density at radius 2 is 0.970 bits per heavy atom. The summed E-state index contributed by atoms with van der Waals surface area (Å²) < 4.78 is 11.3. The zero-order chi connectivity index (χ0) is 43.7. The summed E-state index contributed by atoms with van der Waals surface area (Å²) in [6.07, 6.45) is 0. The molecule has 0 amide bonds. The maximum absolute atomic E-state index is 6.40. The molecule has 4 heterocycles. The largest absolute Gasteiger partial charge is 0.455 e. The van der Waals surface area contributed by atoms with Crippen LogP contribution in [0.25, 0.3) is 147 Å². The van der Waals surface area contributed by atoms with Gasteiger partial charge in [0.2, 0.25) is 0 Å². The van der Waals surface area contributed by atoms with Crippen molar-refractivity contribution in [2.24, 2.45) is 0 Å². The lowest BCUT2D eigenvalue weighted by Crippen LogP contribution is -1.93. The second kappa shape index (κ2) is 14.0. The van der Waals surface area contributed by atoms with E-state index in [4.69, 9.17) is 9.40 Å². The minimum Gasteiger partial charge on any atom is -0.455 e. The Morgan fingerprint density at radius 1 is 0.388 bits per heavy atom. The van der Waals surface area contributed by atoms with Gasteiger partial charge in [0.25, 0.3) is 0 Å². The van der Waals surface area contributed by atoms with E-state index in [1.807, 2.05) is 23.5 Å². The molecule has 3 nitrogen and oxygen atoms in total. The van der Waals surface area contributed by atoms with Crippen LogP contribution in [0.1, 0.15) is 0 Å². The average Bonchev–Trinajstić information content (AvgIpc) is 4.10. The summed E-state index contributed by atoms with van der Waals surface area (Å²) in [5.74, 6) is 0. The quantitative estimate of drug-likeness (QED) is 0.165. The fourth-order valence-corrected chi connectivity index (χ4v) is 12.2. The molecule has 0 saturated heterocycles. The third-order valence-corrected chi connectivity index (χ3v) is 15.4. The summed E-state index contributed by atoms with van der Waals surface area (Å²) in [5, 5.41) is 14.7. The van der Waals surface area contributed by atoms with E-state index in [-0.39, 0.29) is 0 Å². The number of thiophene rings is 1. The zero-order valence-corrected chi connectivity index (χ0v) is 36.8. The first-order valence-corrected chi connectivity index (χ1v) is 23.7. The smallest absolute Gasteiger partial charge is 0.156 e. The Balaban J connectivity index is 0.868. The minimum atomic E-state index is 0.914. The highest BCUT2D eigenvalue weighted by molar-refractivity contribution is 7.26. The fraction of sp³-hybridized carbons (Fsp3) is 0. The molecule has 0 unspecified atom stereocenters. The molecule has 0 aliphatic heterocycles. The molecule has 310 valence electrons. The fourth-order valence-electron chi connectivity index (χ4n) is 11.1. The molecule has 11 aromatic carbocycles. The molecule has 0 fully saturated rings. The maximum Gasteiger partial charge on any atom is 0.156 e. The third kappa shape index (κ3) is 5.36. The molecule has 4 aromatic heterocycles. The SMILES string of the molecule is c1ccc2c(c1)ccc1c2ccc2c1nc1c3sc4ccc5ccccc5c4c3cc(-c3ccc(-c4ccc(-c5ccc(-c6cccc7c6oc6ccccc67)cc5)c5ccccc45)cc3)n21. The molecule has 0 saturated carbocycles. The van der Waals surface area contributed by atoms with Gasteiger partial charge in [-0.1, -0.05) is 194 Å². The van der Waals surface area contributed by atoms with Gasteiger partial charge < -0.3 is 4.42 Å². The number of benzene rings is 11. The van der Waals surface area contributed by atoms with Crippen LogP contribution in [0, 0.1) is 0 Å². The molecule has 67 heavy (non-hydrogen) atoms. The Kier molecular flexibility index (Phi) is 7.66. The molecule has 0 bridgehead atoms. The molecule has 0 spiro atoms. The number of hydrogen-bond acceptors (Lipinski definition) is 3. The summed E-state index contributed by atoms with van der Waals surface area (Å²) in [6, 6.07) is 79.6. The molecule has 4 heteroatoms. The van der Waals surface area contributed by atoms with Gasteiger partial charge in [0.15, 0.2) is 5.65 Å². The van der Waals surface area contributed by atoms with Gasteiger partial charge in [-0.2, -0.15) is 0 Å². The molecular weight excluding hydrogens is 833 g/mol. The monoisotopic (exact) mass is 868 g/mol. The number of aromatic nitrogens is 2. The Hall–Kier alpha value is -8.57. The molecule has 0 aliphatic carbocycles. The predicted molar refractivity (Wildman–Crippen MR) is 285 cm³/mol. The van der Waals surface area contributed by atoms with Crippen LogP contribution < -0.4 is 0 Å². The van der Waals surface area contributed by atoms with Crippen LogP contribution in [0.15, 0.2) is 223 Å². The van der Waals surface area contributed by atoms with Crippen molar-refractivity contribution >= 4 is 113 Å². The van der Waals surface area contributed by atoms with E-state index in [2.05, 4.69) is 211 Å². The van der Waals surface area contributed by atoms with Gasteiger partial charge in [-0.3, -0.25) is 4.40 Å². The van der Waals surface area contributed by atoms with Crippen molar-refractivity contribution in [2.75, 3.05) is 0 Å². The normalized spacial score (nSPS) is 12.2.